The van der Waals surface area contributed by atoms with Crippen molar-refractivity contribution in [3.05, 3.63) is 24.3 Å². The molecule has 0 radical (unpaired) electrons. The number of halogens is 2. The molecule has 2 fully saturated rings. The van der Waals surface area contributed by atoms with Gasteiger partial charge in [0.25, 0.3) is 5.91 Å². The maximum Gasteiger partial charge on any atom is 0.345 e. The molecule has 1 aromatic rings. The van der Waals surface area contributed by atoms with Crippen LogP contribution in [0.15, 0.2) is 24.3 Å². The van der Waals surface area contributed by atoms with Crippen molar-refractivity contribution in [1.29, 1.82) is 0 Å². The first-order chi connectivity index (χ1) is 10.1. The smallest absolute Gasteiger partial charge is 0.345 e. The first-order valence-corrected chi connectivity index (χ1v) is 7.41. The zero-order chi connectivity index (χ0) is 15.0. The molecule has 1 aromatic carbocycles. The van der Waals surface area contributed by atoms with Crippen molar-refractivity contribution in [2.24, 2.45) is 5.92 Å². The molecule has 5 heteroatoms. The van der Waals surface area contributed by atoms with Crippen LogP contribution in [-0.2, 0) is 4.79 Å². The number of β-lactam (4-membered cyclic amide) rings is 1. The molecule has 1 atom stereocenters. The number of amides is 1. The molecule has 114 valence electrons. The molecule has 1 amide bonds. The van der Waals surface area contributed by atoms with Gasteiger partial charge in [-0.1, -0.05) is 19.3 Å². The predicted octanol–water partition coefficient (Wildman–Crippen LogP) is 3.63. The van der Waals surface area contributed by atoms with Crippen LogP contribution in [0.4, 0.5) is 14.5 Å². The van der Waals surface area contributed by atoms with Crippen LogP contribution in [0.3, 0.4) is 0 Å². The third-order valence-electron chi connectivity index (χ3n) is 4.60. The molecular formula is C16H19F2NO2. The normalized spacial score (nSPS) is 25.6. The summed E-state index contributed by atoms with van der Waals surface area (Å²) in [5.74, 6) is -3.76. The summed E-state index contributed by atoms with van der Waals surface area (Å²) in [5, 5.41) is 0. The highest BCUT2D eigenvalue weighted by atomic mass is 19.3. The molecule has 0 bridgehead atoms. The van der Waals surface area contributed by atoms with E-state index in [1.165, 1.54) is 4.90 Å². The molecule has 1 saturated heterocycles. The van der Waals surface area contributed by atoms with Crippen LogP contribution in [0.25, 0.3) is 0 Å². The molecule has 3 rings (SSSR count). The Bertz CT molecular complexity index is 524. The number of carbonyl (C=O) groups is 1. The van der Waals surface area contributed by atoms with Gasteiger partial charge in [0.15, 0.2) is 0 Å². The van der Waals surface area contributed by atoms with Crippen LogP contribution in [-0.4, -0.2) is 25.0 Å². The van der Waals surface area contributed by atoms with Crippen LogP contribution in [0, 0.1) is 5.92 Å². The molecule has 1 aliphatic carbocycles. The summed E-state index contributed by atoms with van der Waals surface area (Å²) in [6.07, 6.45) is 4.61. The number of hydrogen-bond donors (Lipinski definition) is 0. The molecule has 1 aliphatic heterocycles. The highest BCUT2D eigenvalue weighted by molar-refractivity contribution is 6.07. The predicted molar refractivity (Wildman–Crippen MR) is 75.8 cm³/mol. The van der Waals surface area contributed by atoms with E-state index in [1.807, 2.05) is 0 Å². The summed E-state index contributed by atoms with van der Waals surface area (Å²) >= 11 is 0. The van der Waals surface area contributed by atoms with Gasteiger partial charge in [-0.15, -0.1) is 0 Å². The summed E-state index contributed by atoms with van der Waals surface area (Å²) in [7, 11) is 1.54. The summed E-state index contributed by atoms with van der Waals surface area (Å²) in [6.45, 7) is 0. The van der Waals surface area contributed by atoms with Crippen LogP contribution < -0.4 is 9.64 Å². The van der Waals surface area contributed by atoms with Gasteiger partial charge in [-0.05, 0) is 43.0 Å². The van der Waals surface area contributed by atoms with E-state index in [-0.39, 0.29) is 5.92 Å². The van der Waals surface area contributed by atoms with E-state index in [0.29, 0.717) is 11.4 Å². The molecule has 21 heavy (non-hydrogen) atoms. The first kappa shape index (κ1) is 14.3. The Hall–Kier alpha value is -1.65. The minimum Gasteiger partial charge on any atom is -0.497 e. The summed E-state index contributed by atoms with van der Waals surface area (Å²) in [5.41, 5.74) is 0.530. The number of rotatable bonds is 3. The second-order valence-corrected chi connectivity index (χ2v) is 5.84. The zero-order valence-corrected chi connectivity index (χ0v) is 12.0. The van der Waals surface area contributed by atoms with E-state index in [2.05, 4.69) is 0 Å². The third-order valence-corrected chi connectivity index (χ3v) is 4.60. The van der Waals surface area contributed by atoms with Crippen molar-refractivity contribution in [3.63, 3.8) is 0 Å². The SMILES string of the molecule is COc1ccc(N2C(=O)C(F)(F)C2C2CCCCC2)cc1. The summed E-state index contributed by atoms with van der Waals surface area (Å²) < 4.78 is 33.2. The second-order valence-electron chi connectivity index (χ2n) is 5.84. The van der Waals surface area contributed by atoms with Crippen LogP contribution in [0.5, 0.6) is 5.75 Å². The average molecular weight is 295 g/mol. The van der Waals surface area contributed by atoms with E-state index in [9.17, 15) is 13.6 Å². The largest absolute Gasteiger partial charge is 0.497 e. The van der Waals surface area contributed by atoms with Gasteiger partial charge in [0.1, 0.15) is 11.8 Å². The van der Waals surface area contributed by atoms with Crippen molar-refractivity contribution in [2.45, 2.75) is 44.1 Å². The highest BCUT2D eigenvalue weighted by Gasteiger charge is 2.66. The standard InChI is InChI=1S/C16H19F2NO2/c1-21-13-9-7-12(8-10-13)19-14(16(17,18)15(19)20)11-5-3-2-4-6-11/h7-11,14H,2-6H2,1H3. The molecule has 0 aromatic heterocycles. The maximum atomic E-state index is 14.0. The van der Waals surface area contributed by atoms with E-state index < -0.39 is 17.9 Å². The molecular weight excluding hydrogens is 276 g/mol. The highest BCUT2D eigenvalue weighted by Crippen LogP contribution is 2.47. The monoisotopic (exact) mass is 295 g/mol. The number of alkyl halides is 2. The van der Waals surface area contributed by atoms with Gasteiger partial charge < -0.3 is 4.74 Å². The third kappa shape index (κ3) is 2.28. The number of carbonyl (C=O) groups excluding carboxylic acids is 1. The number of anilines is 1. The first-order valence-electron chi connectivity index (χ1n) is 7.41. The minimum absolute atomic E-state index is 0.103. The lowest BCUT2D eigenvalue weighted by molar-refractivity contribution is -0.167. The quantitative estimate of drug-likeness (QED) is 0.797. The number of nitrogens with zero attached hydrogens (tertiary/aromatic N) is 1. The lowest BCUT2D eigenvalue weighted by atomic mass is 9.76. The molecule has 0 N–H and O–H groups in total. The number of methoxy groups -OCH3 is 1. The van der Waals surface area contributed by atoms with Gasteiger partial charge in [0.05, 0.1) is 7.11 Å². The van der Waals surface area contributed by atoms with E-state index in [1.54, 1.807) is 31.4 Å². The van der Waals surface area contributed by atoms with Crippen LogP contribution >= 0.6 is 0 Å². The van der Waals surface area contributed by atoms with E-state index in [0.717, 1.165) is 32.1 Å². The van der Waals surface area contributed by atoms with Gasteiger partial charge in [0, 0.05) is 5.69 Å². The number of ether oxygens (including phenoxy) is 1. The maximum absolute atomic E-state index is 14.0. The van der Waals surface area contributed by atoms with Crippen molar-refractivity contribution >= 4 is 11.6 Å². The lowest BCUT2D eigenvalue weighted by Gasteiger charge is -2.50. The van der Waals surface area contributed by atoms with E-state index >= 15 is 0 Å². The van der Waals surface area contributed by atoms with Gasteiger partial charge in [-0.3, -0.25) is 9.69 Å². The summed E-state index contributed by atoms with van der Waals surface area (Å²) in [6, 6.07) is 5.73. The lowest BCUT2D eigenvalue weighted by Crippen LogP contribution is -2.72. The fourth-order valence-corrected chi connectivity index (χ4v) is 3.49. The zero-order valence-electron chi connectivity index (χ0n) is 12.0. The number of benzene rings is 1. The van der Waals surface area contributed by atoms with E-state index in [4.69, 9.17) is 4.74 Å². The number of hydrogen-bond acceptors (Lipinski definition) is 2. The Morgan fingerprint density at radius 1 is 1.14 bits per heavy atom. The van der Waals surface area contributed by atoms with Gasteiger partial charge >= 0.3 is 5.92 Å². The molecule has 1 heterocycles. The Kier molecular flexibility index (Phi) is 3.59. The minimum atomic E-state index is -3.22. The van der Waals surface area contributed by atoms with Gasteiger partial charge in [-0.25, -0.2) is 0 Å². The molecule has 0 spiro atoms. The molecule has 3 nitrogen and oxygen atoms in total. The molecule has 1 saturated carbocycles. The Morgan fingerprint density at radius 3 is 2.33 bits per heavy atom. The fraction of sp³-hybridized carbons (Fsp3) is 0.562. The Morgan fingerprint density at radius 2 is 1.76 bits per heavy atom. The van der Waals surface area contributed by atoms with Crippen molar-refractivity contribution in [3.8, 4) is 5.75 Å². The summed E-state index contributed by atoms with van der Waals surface area (Å²) in [4.78, 5) is 13.1. The second kappa shape index (κ2) is 5.28. The van der Waals surface area contributed by atoms with Crippen molar-refractivity contribution in [1.82, 2.24) is 0 Å². The van der Waals surface area contributed by atoms with Crippen molar-refractivity contribution < 1.29 is 18.3 Å². The van der Waals surface area contributed by atoms with Gasteiger partial charge in [-0.2, -0.15) is 8.78 Å². The Labute approximate surface area is 122 Å². The topological polar surface area (TPSA) is 29.5 Å². The molecule has 1 unspecified atom stereocenters. The Balaban J connectivity index is 1.86. The fourth-order valence-electron chi connectivity index (χ4n) is 3.49. The van der Waals surface area contributed by atoms with Gasteiger partial charge in [0.2, 0.25) is 0 Å². The van der Waals surface area contributed by atoms with Crippen LogP contribution in [0.2, 0.25) is 0 Å². The van der Waals surface area contributed by atoms with Crippen LogP contribution in [0.1, 0.15) is 32.1 Å². The average Bonchev–Trinajstić information content (AvgIpc) is 2.52. The molecule has 2 aliphatic rings. The van der Waals surface area contributed by atoms with Crippen molar-refractivity contribution in [2.75, 3.05) is 12.0 Å².